The molecule has 0 unspecified atom stereocenters. The van der Waals surface area contributed by atoms with Gasteiger partial charge in [0, 0.05) is 38.3 Å². The number of rotatable bonds is 6. The molecule has 1 aliphatic rings. The van der Waals surface area contributed by atoms with Crippen LogP contribution < -0.4 is 4.74 Å². The third-order valence-electron chi connectivity index (χ3n) is 7.80. The van der Waals surface area contributed by atoms with Gasteiger partial charge in [-0.1, -0.05) is 17.3 Å². The summed E-state index contributed by atoms with van der Waals surface area (Å²) in [6.45, 7) is 3.06. The van der Waals surface area contributed by atoms with Gasteiger partial charge in [0.05, 0.1) is 51.4 Å². The number of fused-ring (bicyclic) bond motifs is 3. The van der Waals surface area contributed by atoms with Gasteiger partial charge in [-0.15, -0.1) is 5.10 Å². The summed E-state index contributed by atoms with van der Waals surface area (Å²) in [5.41, 5.74) is 5.11. The maximum absolute atomic E-state index is 14.1. The standard InChI is InChI=1S/C29H30FN5O4S/c1-17-27(34(2)33-32-17)20-15-22-26(31-16-20)25-23(38-3)9-10-24(40(4,36)37)29(25)35(22)28(19-11-13-39-14-12-19)18-5-7-21(30)8-6-18/h5-10,15-16,19,28H,11-14H2,1-4H3/t28-/m1/s1. The van der Waals surface area contributed by atoms with Gasteiger partial charge in [0.25, 0.3) is 0 Å². The number of pyridine rings is 1. The topological polar surface area (TPSA) is 101 Å². The summed E-state index contributed by atoms with van der Waals surface area (Å²) in [5.74, 6) is 0.285. The van der Waals surface area contributed by atoms with Crippen molar-refractivity contribution in [3.63, 3.8) is 0 Å². The van der Waals surface area contributed by atoms with Crippen molar-refractivity contribution < 1.29 is 22.3 Å². The second-order valence-electron chi connectivity index (χ2n) is 10.3. The van der Waals surface area contributed by atoms with E-state index in [0.717, 1.165) is 40.9 Å². The Balaban J connectivity index is 1.79. The molecule has 1 saturated heterocycles. The molecule has 40 heavy (non-hydrogen) atoms. The highest BCUT2D eigenvalue weighted by molar-refractivity contribution is 7.91. The first-order valence-corrected chi connectivity index (χ1v) is 15.0. The molecule has 0 bridgehead atoms. The van der Waals surface area contributed by atoms with Crippen molar-refractivity contribution >= 4 is 31.8 Å². The molecule has 9 nitrogen and oxygen atoms in total. The van der Waals surface area contributed by atoms with E-state index in [1.807, 2.05) is 20.0 Å². The van der Waals surface area contributed by atoms with E-state index >= 15 is 0 Å². The Bertz CT molecular complexity index is 1820. The van der Waals surface area contributed by atoms with E-state index in [9.17, 15) is 12.8 Å². The zero-order valence-electron chi connectivity index (χ0n) is 22.8. The maximum Gasteiger partial charge on any atom is 0.177 e. The molecule has 208 valence electrons. The Morgan fingerprint density at radius 3 is 2.48 bits per heavy atom. The lowest BCUT2D eigenvalue weighted by molar-refractivity contribution is 0.0552. The van der Waals surface area contributed by atoms with Crippen molar-refractivity contribution in [3.05, 3.63) is 65.7 Å². The normalized spacial score (nSPS) is 15.6. The minimum atomic E-state index is -3.66. The lowest BCUT2D eigenvalue weighted by Crippen LogP contribution is -2.27. The molecule has 4 heterocycles. The zero-order valence-corrected chi connectivity index (χ0v) is 23.6. The first-order chi connectivity index (χ1) is 19.2. The van der Waals surface area contributed by atoms with Crippen molar-refractivity contribution in [3.8, 4) is 17.0 Å². The largest absolute Gasteiger partial charge is 0.496 e. The van der Waals surface area contributed by atoms with Gasteiger partial charge in [0.1, 0.15) is 11.6 Å². The molecule has 0 N–H and O–H groups in total. The number of nitrogens with zero attached hydrogens (tertiary/aromatic N) is 5. The molecule has 0 aliphatic carbocycles. The van der Waals surface area contributed by atoms with Crippen LogP contribution in [0.3, 0.4) is 0 Å². The number of aryl methyl sites for hydroxylation is 2. The molecule has 1 fully saturated rings. The molecule has 5 aromatic rings. The number of benzene rings is 2. The van der Waals surface area contributed by atoms with Gasteiger partial charge in [-0.2, -0.15) is 0 Å². The fourth-order valence-electron chi connectivity index (χ4n) is 6.04. The van der Waals surface area contributed by atoms with Gasteiger partial charge in [0.15, 0.2) is 9.84 Å². The Morgan fingerprint density at radius 2 is 1.85 bits per heavy atom. The van der Waals surface area contributed by atoms with E-state index in [1.165, 1.54) is 18.4 Å². The SMILES string of the molecule is COc1ccc(S(C)(=O)=O)c2c1c1ncc(-c3c(C)nnn3C)cc1n2[C@H](c1ccc(F)cc1)C1CCOCC1. The number of hydrogen-bond acceptors (Lipinski definition) is 7. The molecular formula is C29H30FN5O4S. The highest BCUT2D eigenvalue weighted by Crippen LogP contribution is 2.45. The minimum Gasteiger partial charge on any atom is -0.496 e. The quantitative estimate of drug-likeness (QED) is 0.291. The first-order valence-electron chi connectivity index (χ1n) is 13.1. The van der Waals surface area contributed by atoms with E-state index in [1.54, 1.807) is 42.3 Å². The van der Waals surface area contributed by atoms with Crippen LogP contribution in [0.1, 0.15) is 30.1 Å². The number of aromatic nitrogens is 5. The van der Waals surface area contributed by atoms with Crippen LogP contribution in [0.15, 0.2) is 53.6 Å². The zero-order chi connectivity index (χ0) is 28.2. The van der Waals surface area contributed by atoms with Crippen LogP contribution in [-0.4, -0.2) is 59.5 Å². The summed E-state index contributed by atoms with van der Waals surface area (Å²) in [6, 6.07) is 11.4. The number of halogens is 1. The fourth-order valence-corrected chi connectivity index (χ4v) is 6.91. The van der Waals surface area contributed by atoms with Crippen LogP contribution in [0.2, 0.25) is 0 Å². The summed E-state index contributed by atoms with van der Waals surface area (Å²) < 4.78 is 55.8. The van der Waals surface area contributed by atoms with Crippen LogP contribution in [0, 0.1) is 18.7 Å². The van der Waals surface area contributed by atoms with Crippen LogP contribution >= 0.6 is 0 Å². The van der Waals surface area contributed by atoms with E-state index in [0.29, 0.717) is 35.4 Å². The van der Waals surface area contributed by atoms with Gasteiger partial charge >= 0.3 is 0 Å². The van der Waals surface area contributed by atoms with E-state index in [4.69, 9.17) is 14.5 Å². The van der Waals surface area contributed by atoms with E-state index < -0.39 is 9.84 Å². The predicted octanol–water partition coefficient (Wildman–Crippen LogP) is 4.86. The average molecular weight is 564 g/mol. The predicted molar refractivity (Wildman–Crippen MR) is 150 cm³/mol. The Hall–Kier alpha value is -3.83. The summed E-state index contributed by atoms with van der Waals surface area (Å²) in [6.07, 6.45) is 4.49. The number of sulfone groups is 1. The van der Waals surface area contributed by atoms with Gasteiger partial charge in [-0.05, 0) is 61.6 Å². The lowest BCUT2D eigenvalue weighted by atomic mass is 9.86. The molecule has 1 aliphatic heterocycles. The van der Waals surface area contributed by atoms with Gasteiger partial charge in [-0.25, -0.2) is 17.5 Å². The van der Waals surface area contributed by atoms with Crippen LogP contribution in [-0.2, 0) is 21.6 Å². The molecule has 2 aromatic carbocycles. The third-order valence-corrected chi connectivity index (χ3v) is 8.93. The molecule has 0 spiro atoms. The highest BCUT2D eigenvalue weighted by atomic mass is 32.2. The Kier molecular flexibility index (Phi) is 6.58. The van der Waals surface area contributed by atoms with Crippen LogP contribution in [0.5, 0.6) is 5.75 Å². The molecule has 0 radical (unpaired) electrons. The van der Waals surface area contributed by atoms with E-state index in [-0.39, 0.29) is 22.7 Å². The monoisotopic (exact) mass is 563 g/mol. The number of methoxy groups -OCH3 is 1. The second-order valence-corrected chi connectivity index (χ2v) is 12.3. The van der Waals surface area contributed by atoms with Crippen molar-refractivity contribution in [1.29, 1.82) is 0 Å². The summed E-state index contributed by atoms with van der Waals surface area (Å²) >= 11 is 0. The van der Waals surface area contributed by atoms with Crippen LogP contribution in [0.4, 0.5) is 4.39 Å². The van der Waals surface area contributed by atoms with Crippen molar-refractivity contribution in [2.24, 2.45) is 13.0 Å². The van der Waals surface area contributed by atoms with E-state index in [2.05, 4.69) is 14.9 Å². The maximum atomic E-state index is 14.1. The molecule has 0 saturated carbocycles. The molecule has 11 heteroatoms. The summed E-state index contributed by atoms with van der Waals surface area (Å²) in [4.78, 5) is 5.07. The third kappa shape index (κ3) is 4.33. The molecule has 3 aromatic heterocycles. The molecule has 1 atom stereocenters. The second kappa shape index (κ2) is 9.97. The Morgan fingerprint density at radius 1 is 1.12 bits per heavy atom. The Labute approximate surface area is 231 Å². The summed E-state index contributed by atoms with van der Waals surface area (Å²) in [7, 11) is -0.272. The molecule has 0 amide bonds. The highest BCUT2D eigenvalue weighted by Gasteiger charge is 2.33. The minimum absolute atomic E-state index is 0.0976. The molecular weight excluding hydrogens is 533 g/mol. The summed E-state index contributed by atoms with van der Waals surface area (Å²) in [5, 5.41) is 8.98. The average Bonchev–Trinajstić information content (AvgIpc) is 3.45. The number of ether oxygens (including phenoxy) is 2. The smallest absolute Gasteiger partial charge is 0.177 e. The van der Waals surface area contributed by atoms with Crippen molar-refractivity contribution in [1.82, 2.24) is 24.5 Å². The van der Waals surface area contributed by atoms with Crippen LogP contribution in [0.25, 0.3) is 33.2 Å². The first kappa shape index (κ1) is 26.4. The van der Waals surface area contributed by atoms with Gasteiger partial charge in [-0.3, -0.25) is 4.98 Å². The van der Waals surface area contributed by atoms with Gasteiger partial charge in [0.2, 0.25) is 0 Å². The van der Waals surface area contributed by atoms with Crippen molar-refractivity contribution in [2.75, 3.05) is 26.6 Å². The van der Waals surface area contributed by atoms with Crippen molar-refractivity contribution in [2.45, 2.75) is 30.7 Å². The fraction of sp³-hybridized carbons (Fsp3) is 0.345. The number of hydrogen-bond donors (Lipinski definition) is 0. The lowest BCUT2D eigenvalue weighted by Gasteiger charge is -2.33. The molecule has 6 rings (SSSR count). The van der Waals surface area contributed by atoms with Gasteiger partial charge < -0.3 is 14.0 Å².